The maximum atomic E-state index is 12.3. The molecule has 9 heteroatoms. The van der Waals surface area contributed by atoms with Crippen LogP contribution in [0.25, 0.3) is 17.1 Å². The number of para-hydroxylation sites is 1. The summed E-state index contributed by atoms with van der Waals surface area (Å²) in [6, 6.07) is 22.8. The summed E-state index contributed by atoms with van der Waals surface area (Å²) in [4.78, 5) is 12.3. The van der Waals surface area contributed by atoms with Crippen molar-refractivity contribution in [1.82, 2.24) is 20.2 Å². The second kappa shape index (κ2) is 10.5. The minimum atomic E-state index is -0.301. The lowest BCUT2D eigenvalue weighted by molar-refractivity contribution is -0.118. The summed E-state index contributed by atoms with van der Waals surface area (Å²) in [5.74, 6) is 0.573. The van der Waals surface area contributed by atoms with Gasteiger partial charge in [-0.1, -0.05) is 75.7 Å². The molecule has 0 fully saturated rings. The number of thioether (sulfide) groups is 1. The zero-order chi connectivity index (χ0) is 23.2. The number of amides is 1. The van der Waals surface area contributed by atoms with Crippen molar-refractivity contribution in [3.8, 4) is 22.8 Å². The quantitative estimate of drug-likeness (QED) is 0.204. The maximum Gasteiger partial charge on any atom is 0.250 e. The number of hydrogen-bond acceptors (Lipinski definition) is 6. The van der Waals surface area contributed by atoms with E-state index in [1.807, 2.05) is 66.1 Å². The lowest BCUT2D eigenvalue weighted by Gasteiger charge is -2.10. The first-order valence-corrected chi connectivity index (χ1v) is 11.8. The van der Waals surface area contributed by atoms with E-state index in [0.29, 0.717) is 16.5 Å². The number of rotatable bonds is 7. The van der Waals surface area contributed by atoms with Crippen LogP contribution in [0, 0.1) is 6.92 Å². The Kier molecular flexibility index (Phi) is 7.21. The van der Waals surface area contributed by atoms with E-state index in [4.69, 9.17) is 0 Å². The van der Waals surface area contributed by atoms with Gasteiger partial charge in [0.1, 0.15) is 5.75 Å². The highest BCUT2D eigenvalue weighted by atomic mass is 79.9. The van der Waals surface area contributed by atoms with Crippen molar-refractivity contribution in [3.05, 3.63) is 88.4 Å². The van der Waals surface area contributed by atoms with E-state index in [2.05, 4.69) is 36.7 Å². The number of hydrazone groups is 1. The number of aryl methyl sites for hydroxylation is 1. The average Bonchev–Trinajstić information content (AvgIpc) is 3.25. The summed E-state index contributed by atoms with van der Waals surface area (Å²) in [6.45, 7) is 2.03. The van der Waals surface area contributed by atoms with Crippen LogP contribution in [0.15, 0.2) is 87.5 Å². The van der Waals surface area contributed by atoms with Crippen LogP contribution in [0.3, 0.4) is 0 Å². The van der Waals surface area contributed by atoms with E-state index in [-0.39, 0.29) is 17.4 Å². The minimum Gasteiger partial charge on any atom is -0.507 e. The fourth-order valence-electron chi connectivity index (χ4n) is 3.03. The molecule has 1 amide bonds. The number of hydrogen-bond donors (Lipinski definition) is 2. The van der Waals surface area contributed by atoms with Crippen molar-refractivity contribution in [2.24, 2.45) is 5.10 Å². The first-order chi connectivity index (χ1) is 16.0. The Hall–Kier alpha value is -3.43. The number of carbonyl (C=O) groups excluding carboxylic acids is 1. The molecule has 0 saturated carbocycles. The average molecular weight is 522 g/mol. The van der Waals surface area contributed by atoms with Gasteiger partial charge in [-0.25, -0.2) is 5.43 Å². The fraction of sp³-hybridized carbons (Fsp3) is 0.0833. The topological polar surface area (TPSA) is 92.4 Å². The third kappa shape index (κ3) is 5.68. The molecule has 0 atom stereocenters. The summed E-state index contributed by atoms with van der Waals surface area (Å²) in [7, 11) is 0. The van der Waals surface area contributed by atoms with Crippen molar-refractivity contribution in [2.45, 2.75) is 12.1 Å². The molecule has 0 radical (unpaired) electrons. The van der Waals surface area contributed by atoms with Crippen LogP contribution in [0.5, 0.6) is 5.75 Å². The SMILES string of the molecule is Cc1ccc(-c2nnc(SCC(=O)NN=Cc3cc(Br)ccc3O)n2-c2ccccc2)cc1. The Balaban J connectivity index is 1.50. The molecule has 1 heterocycles. The molecule has 0 saturated heterocycles. The number of halogens is 1. The van der Waals surface area contributed by atoms with Crippen LogP contribution in [0.2, 0.25) is 0 Å². The Bertz CT molecular complexity index is 1290. The second-order valence-corrected chi connectivity index (χ2v) is 8.99. The van der Waals surface area contributed by atoms with Gasteiger partial charge in [-0.2, -0.15) is 5.10 Å². The lowest BCUT2D eigenvalue weighted by Crippen LogP contribution is -2.20. The standard InChI is InChI=1S/C24H20BrN5O2S/c1-16-7-9-17(10-8-16)23-28-29-24(30(23)20-5-3-2-4-6-20)33-15-22(32)27-26-14-18-13-19(25)11-12-21(18)31/h2-14,31H,15H2,1H3,(H,27,32). The van der Waals surface area contributed by atoms with Gasteiger partial charge in [0, 0.05) is 21.3 Å². The number of phenols is 1. The van der Waals surface area contributed by atoms with Gasteiger partial charge in [-0.3, -0.25) is 9.36 Å². The monoisotopic (exact) mass is 521 g/mol. The maximum absolute atomic E-state index is 12.3. The van der Waals surface area contributed by atoms with E-state index in [1.54, 1.807) is 18.2 Å². The molecule has 0 unspecified atom stereocenters. The van der Waals surface area contributed by atoms with Crippen molar-refractivity contribution >= 4 is 39.8 Å². The van der Waals surface area contributed by atoms with Crippen molar-refractivity contribution < 1.29 is 9.90 Å². The number of phenolic OH excluding ortho intramolecular Hbond substituents is 1. The minimum absolute atomic E-state index is 0.0742. The molecule has 0 bridgehead atoms. The van der Waals surface area contributed by atoms with Gasteiger partial charge < -0.3 is 5.11 Å². The predicted molar refractivity (Wildman–Crippen MR) is 134 cm³/mol. The summed E-state index contributed by atoms with van der Waals surface area (Å²) in [5.41, 5.74) is 5.97. The van der Waals surface area contributed by atoms with Gasteiger partial charge in [0.25, 0.3) is 5.91 Å². The Morgan fingerprint density at radius 3 is 2.64 bits per heavy atom. The highest BCUT2D eigenvalue weighted by molar-refractivity contribution is 9.10. The van der Waals surface area contributed by atoms with E-state index >= 15 is 0 Å². The Morgan fingerprint density at radius 1 is 1.12 bits per heavy atom. The fourth-order valence-corrected chi connectivity index (χ4v) is 4.15. The number of carbonyl (C=O) groups is 1. The summed E-state index contributed by atoms with van der Waals surface area (Å²) >= 11 is 4.60. The van der Waals surface area contributed by atoms with Crippen LogP contribution in [-0.4, -0.2) is 37.7 Å². The van der Waals surface area contributed by atoms with Gasteiger partial charge in [-0.05, 0) is 37.3 Å². The van der Waals surface area contributed by atoms with Gasteiger partial charge in [0.05, 0.1) is 12.0 Å². The van der Waals surface area contributed by atoms with Gasteiger partial charge in [-0.15, -0.1) is 10.2 Å². The number of nitrogens with zero attached hydrogens (tertiary/aromatic N) is 4. The number of aromatic nitrogens is 3. The van der Waals surface area contributed by atoms with Gasteiger partial charge in [0.15, 0.2) is 11.0 Å². The summed E-state index contributed by atoms with van der Waals surface area (Å²) in [6.07, 6.45) is 1.39. The molecule has 2 N–H and O–H groups in total. The first-order valence-electron chi connectivity index (χ1n) is 10.0. The molecule has 0 aliphatic rings. The molecule has 3 aromatic carbocycles. The van der Waals surface area contributed by atoms with Crippen LogP contribution >= 0.6 is 27.7 Å². The van der Waals surface area contributed by atoms with Crippen molar-refractivity contribution in [1.29, 1.82) is 0 Å². The lowest BCUT2D eigenvalue weighted by atomic mass is 10.1. The number of nitrogens with one attached hydrogen (secondary N) is 1. The molecule has 0 aliphatic heterocycles. The van der Waals surface area contributed by atoms with Gasteiger partial charge >= 0.3 is 0 Å². The molecular weight excluding hydrogens is 502 g/mol. The number of aromatic hydroxyl groups is 1. The largest absolute Gasteiger partial charge is 0.507 e. The second-order valence-electron chi connectivity index (χ2n) is 7.13. The molecule has 1 aromatic heterocycles. The van der Waals surface area contributed by atoms with Crippen LogP contribution in [-0.2, 0) is 4.79 Å². The number of benzene rings is 3. The van der Waals surface area contributed by atoms with E-state index in [0.717, 1.165) is 21.3 Å². The van der Waals surface area contributed by atoms with Crippen LogP contribution < -0.4 is 5.43 Å². The molecular formula is C24H20BrN5O2S. The summed E-state index contributed by atoms with van der Waals surface area (Å²) in [5, 5.41) is 23.1. The van der Waals surface area contributed by atoms with Crippen LogP contribution in [0.4, 0.5) is 0 Å². The molecule has 0 spiro atoms. The summed E-state index contributed by atoms with van der Waals surface area (Å²) < 4.78 is 2.74. The van der Waals surface area contributed by atoms with Gasteiger partial charge in [0.2, 0.25) is 0 Å². The molecule has 0 aliphatic carbocycles. The first kappa shape index (κ1) is 22.8. The highest BCUT2D eigenvalue weighted by Crippen LogP contribution is 2.28. The molecule has 33 heavy (non-hydrogen) atoms. The Morgan fingerprint density at radius 2 is 1.88 bits per heavy atom. The smallest absolute Gasteiger partial charge is 0.250 e. The zero-order valence-corrected chi connectivity index (χ0v) is 20.0. The normalized spacial score (nSPS) is 11.1. The third-order valence-electron chi connectivity index (χ3n) is 4.67. The molecule has 4 aromatic rings. The molecule has 7 nitrogen and oxygen atoms in total. The van der Waals surface area contributed by atoms with Crippen molar-refractivity contribution in [3.63, 3.8) is 0 Å². The van der Waals surface area contributed by atoms with Crippen LogP contribution in [0.1, 0.15) is 11.1 Å². The molecule has 4 rings (SSSR count). The Labute approximate surface area is 203 Å². The third-order valence-corrected chi connectivity index (χ3v) is 6.09. The predicted octanol–water partition coefficient (Wildman–Crippen LogP) is 4.95. The van der Waals surface area contributed by atoms with E-state index in [9.17, 15) is 9.90 Å². The van der Waals surface area contributed by atoms with E-state index in [1.165, 1.54) is 18.0 Å². The van der Waals surface area contributed by atoms with E-state index < -0.39 is 0 Å². The van der Waals surface area contributed by atoms with Crippen molar-refractivity contribution in [2.75, 3.05) is 5.75 Å². The molecule has 166 valence electrons. The zero-order valence-electron chi connectivity index (χ0n) is 17.6. The highest BCUT2D eigenvalue weighted by Gasteiger charge is 2.17.